The summed E-state index contributed by atoms with van der Waals surface area (Å²) in [6.07, 6.45) is 4.39. The number of amidine groups is 1. The molecule has 3 nitrogen and oxygen atoms in total. The van der Waals surface area contributed by atoms with Gasteiger partial charge < -0.3 is 9.64 Å². The van der Waals surface area contributed by atoms with Crippen LogP contribution in [0.25, 0.3) is 0 Å². The van der Waals surface area contributed by atoms with Gasteiger partial charge in [-0.1, -0.05) is 17.3 Å². The molecule has 0 bridgehead atoms. The first-order valence-corrected chi connectivity index (χ1v) is 9.00. The van der Waals surface area contributed by atoms with Crippen LogP contribution in [-0.4, -0.2) is 48.5 Å². The summed E-state index contributed by atoms with van der Waals surface area (Å²) in [6, 6.07) is 0. The molecule has 0 radical (unpaired) electrons. The van der Waals surface area contributed by atoms with Crippen LogP contribution in [0.15, 0.2) is 16.3 Å². The highest BCUT2D eigenvalue weighted by Crippen LogP contribution is 2.32. The molecular weight excluding hydrogens is 292 g/mol. The summed E-state index contributed by atoms with van der Waals surface area (Å²) in [4.78, 5) is 7.09. The Bertz CT molecular complexity index is 378. The summed E-state index contributed by atoms with van der Waals surface area (Å²) in [7, 11) is 2.17. The lowest BCUT2D eigenvalue weighted by Crippen LogP contribution is -2.31. The zero-order valence-electron chi connectivity index (χ0n) is 12.5. The van der Waals surface area contributed by atoms with Crippen LogP contribution in [0, 0.1) is 5.92 Å². The lowest BCUT2D eigenvalue weighted by atomic mass is 9.92. The SMILES string of the molecule is CC1=C(C2CCOCC2)N(C)C(SCCCCl)=NCC1. The molecule has 0 unspecified atom stereocenters. The second kappa shape index (κ2) is 8.30. The molecular formula is C15H25ClN2OS. The normalized spacial score (nSPS) is 21.9. The van der Waals surface area contributed by atoms with Gasteiger partial charge in [-0.05, 0) is 32.6 Å². The van der Waals surface area contributed by atoms with Crippen LogP contribution in [0.2, 0.25) is 0 Å². The first-order chi connectivity index (χ1) is 9.74. The van der Waals surface area contributed by atoms with Crippen LogP contribution >= 0.6 is 23.4 Å². The fourth-order valence-electron chi connectivity index (χ4n) is 2.90. The van der Waals surface area contributed by atoms with Gasteiger partial charge in [0, 0.05) is 50.1 Å². The lowest BCUT2D eigenvalue weighted by molar-refractivity contribution is 0.0712. The van der Waals surface area contributed by atoms with Gasteiger partial charge in [-0.2, -0.15) is 0 Å². The largest absolute Gasteiger partial charge is 0.381 e. The van der Waals surface area contributed by atoms with Gasteiger partial charge in [0.25, 0.3) is 0 Å². The van der Waals surface area contributed by atoms with Crippen LogP contribution in [0.5, 0.6) is 0 Å². The zero-order valence-corrected chi connectivity index (χ0v) is 14.1. The number of aliphatic imine (C=N–C) groups is 1. The molecule has 2 rings (SSSR count). The van der Waals surface area contributed by atoms with Crippen molar-refractivity contribution in [3.05, 3.63) is 11.3 Å². The van der Waals surface area contributed by atoms with Gasteiger partial charge in [-0.15, -0.1) is 11.6 Å². The molecule has 114 valence electrons. The lowest BCUT2D eigenvalue weighted by Gasteiger charge is -2.32. The van der Waals surface area contributed by atoms with E-state index in [1.165, 1.54) is 11.3 Å². The number of hydrogen-bond donors (Lipinski definition) is 0. The summed E-state index contributed by atoms with van der Waals surface area (Å²) in [5.74, 6) is 2.41. The van der Waals surface area contributed by atoms with Crippen molar-refractivity contribution in [2.24, 2.45) is 10.9 Å². The van der Waals surface area contributed by atoms with Crippen LogP contribution in [0.4, 0.5) is 0 Å². The molecule has 2 aliphatic heterocycles. The van der Waals surface area contributed by atoms with E-state index in [1.807, 2.05) is 11.8 Å². The Morgan fingerprint density at radius 3 is 2.85 bits per heavy atom. The summed E-state index contributed by atoms with van der Waals surface area (Å²) in [5, 5.41) is 1.16. The van der Waals surface area contributed by atoms with Crippen LogP contribution in [0.3, 0.4) is 0 Å². The van der Waals surface area contributed by atoms with Crippen molar-refractivity contribution < 1.29 is 4.74 Å². The minimum absolute atomic E-state index is 0.630. The third-order valence-electron chi connectivity index (χ3n) is 3.94. The van der Waals surface area contributed by atoms with Crippen molar-refractivity contribution in [3.63, 3.8) is 0 Å². The average molecular weight is 317 g/mol. The summed E-state index contributed by atoms with van der Waals surface area (Å²) in [5.41, 5.74) is 2.99. The Morgan fingerprint density at radius 1 is 1.40 bits per heavy atom. The minimum Gasteiger partial charge on any atom is -0.381 e. The molecule has 2 aliphatic rings. The van der Waals surface area contributed by atoms with E-state index in [2.05, 4.69) is 18.9 Å². The third kappa shape index (κ3) is 4.15. The molecule has 2 heterocycles. The quantitative estimate of drug-likeness (QED) is 0.583. The van der Waals surface area contributed by atoms with Gasteiger partial charge in [0.05, 0.1) is 0 Å². The maximum Gasteiger partial charge on any atom is 0.163 e. The van der Waals surface area contributed by atoms with Gasteiger partial charge in [-0.3, -0.25) is 4.99 Å². The number of ether oxygens (including phenoxy) is 1. The molecule has 0 aromatic rings. The second-order valence-electron chi connectivity index (χ2n) is 5.42. The fourth-order valence-corrected chi connectivity index (χ4v) is 4.13. The van der Waals surface area contributed by atoms with Crippen molar-refractivity contribution in [3.8, 4) is 0 Å². The molecule has 5 heteroatoms. The number of allylic oxidation sites excluding steroid dienone is 1. The maximum absolute atomic E-state index is 5.77. The third-order valence-corrected chi connectivity index (χ3v) is 5.36. The number of thioether (sulfide) groups is 1. The van der Waals surface area contributed by atoms with Crippen LogP contribution < -0.4 is 0 Å². The number of halogens is 1. The fraction of sp³-hybridized carbons (Fsp3) is 0.800. The van der Waals surface area contributed by atoms with Gasteiger partial charge in [0.2, 0.25) is 0 Å². The Balaban J connectivity index is 2.09. The Kier molecular flexibility index (Phi) is 6.72. The highest BCUT2D eigenvalue weighted by Gasteiger charge is 2.26. The smallest absolute Gasteiger partial charge is 0.163 e. The number of alkyl halides is 1. The average Bonchev–Trinajstić information content (AvgIpc) is 2.60. The van der Waals surface area contributed by atoms with Crippen molar-refractivity contribution >= 4 is 28.5 Å². The van der Waals surface area contributed by atoms with Crippen molar-refractivity contribution in [2.45, 2.75) is 32.6 Å². The predicted molar refractivity (Wildman–Crippen MR) is 88.7 cm³/mol. The van der Waals surface area contributed by atoms with E-state index in [1.54, 1.807) is 0 Å². The minimum atomic E-state index is 0.630. The molecule has 0 aliphatic carbocycles. The summed E-state index contributed by atoms with van der Waals surface area (Å²) >= 11 is 7.61. The first-order valence-electron chi connectivity index (χ1n) is 7.48. The molecule has 20 heavy (non-hydrogen) atoms. The molecule has 0 spiro atoms. The van der Waals surface area contributed by atoms with Crippen molar-refractivity contribution in [1.82, 2.24) is 4.90 Å². The predicted octanol–water partition coefficient (Wildman–Crippen LogP) is 3.74. The van der Waals surface area contributed by atoms with E-state index >= 15 is 0 Å². The van der Waals surface area contributed by atoms with Gasteiger partial charge in [-0.25, -0.2) is 0 Å². The monoisotopic (exact) mass is 316 g/mol. The molecule has 0 aromatic carbocycles. The van der Waals surface area contributed by atoms with E-state index in [0.717, 1.165) is 62.2 Å². The molecule has 0 aromatic heterocycles. The van der Waals surface area contributed by atoms with Gasteiger partial charge in [0.15, 0.2) is 5.17 Å². The zero-order chi connectivity index (χ0) is 14.4. The molecule has 0 amide bonds. The number of nitrogens with zero attached hydrogens (tertiary/aromatic N) is 2. The van der Waals surface area contributed by atoms with Crippen LogP contribution in [0.1, 0.15) is 32.6 Å². The van der Waals surface area contributed by atoms with Crippen molar-refractivity contribution in [2.75, 3.05) is 38.4 Å². The van der Waals surface area contributed by atoms with Crippen LogP contribution in [-0.2, 0) is 4.74 Å². The number of rotatable bonds is 4. The van der Waals surface area contributed by atoms with Gasteiger partial charge in [0.1, 0.15) is 0 Å². The summed E-state index contributed by atoms with van der Waals surface area (Å²) < 4.78 is 5.51. The maximum atomic E-state index is 5.77. The summed E-state index contributed by atoms with van der Waals surface area (Å²) in [6.45, 7) is 4.96. The van der Waals surface area contributed by atoms with Crippen molar-refractivity contribution in [1.29, 1.82) is 0 Å². The Labute approximate surface area is 131 Å². The topological polar surface area (TPSA) is 24.8 Å². The van der Waals surface area contributed by atoms with E-state index in [-0.39, 0.29) is 0 Å². The van der Waals surface area contributed by atoms with E-state index in [0.29, 0.717) is 5.92 Å². The van der Waals surface area contributed by atoms with E-state index in [9.17, 15) is 0 Å². The Hall–Kier alpha value is -0.190. The molecule has 1 saturated heterocycles. The standard InChI is InChI=1S/C15H25ClN2OS/c1-12-4-8-17-15(20-11-3-7-16)18(2)14(12)13-5-9-19-10-6-13/h13H,3-11H2,1-2H3. The molecule has 0 atom stereocenters. The Morgan fingerprint density at radius 2 is 2.15 bits per heavy atom. The highest BCUT2D eigenvalue weighted by atomic mass is 35.5. The van der Waals surface area contributed by atoms with Gasteiger partial charge >= 0.3 is 0 Å². The molecule has 0 N–H and O–H groups in total. The number of hydrogen-bond acceptors (Lipinski definition) is 4. The molecule has 1 fully saturated rings. The second-order valence-corrected chi connectivity index (χ2v) is 6.86. The van der Waals surface area contributed by atoms with E-state index in [4.69, 9.17) is 21.3 Å². The molecule has 0 saturated carbocycles. The first kappa shape index (κ1) is 16.2. The highest BCUT2D eigenvalue weighted by molar-refractivity contribution is 8.13. The van der Waals surface area contributed by atoms with E-state index < -0.39 is 0 Å².